The normalized spacial score (nSPS) is 38.2. The summed E-state index contributed by atoms with van der Waals surface area (Å²) in [6.45, 7) is 14.7. The van der Waals surface area contributed by atoms with Gasteiger partial charge in [0.2, 0.25) is 0 Å². The van der Waals surface area contributed by atoms with E-state index in [0.29, 0.717) is 13.0 Å². The van der Waals surface area contributed by atoms with Crippen LogP contribution in [0.25, 0.3) is 0 Å². The molecule has 0 aromatic heterocycles. The molecule has 52 heavy (non-hydrogen) atoms. The molecule has 0 radical (unpaired) electrons. The minimum Gasteiger partial charge on any atom is -0.459 e. The van der Waals surface area contributed by atoms with E-state index in [4.69, 9.17) is 30.1 Å². The summed E-state index contributed by atoms with van der Waals surface area (Å²) in [6, 6.07) is 7.22. The highest BCUT2D eigenvalue weighted by molar-refractivity contribution is 6.00. The van der Waals surface area contributed by atoms with Gasteiger partial charge in [-0.25, -0.2) is 0 Å². The molecule has 1 aromatic carbocycles. The molecular weight excluding hydrogens is 670 g/mol. The van der Waals surface area contributed by atoms with Gasteiger partial charge in [-0.15, -0.1) is 6.42 Å². The second kappa shape index (κ2) is 17.8. The molecule has 2 N–H and O–H groups in total. The predicted molar refractivity (Wildman–Crippen MR) is 193 cm³/mol. The van der Waals surface area contributed by atoms with E-state index < -0.39 is 83.3 Å². The number of carbonyl (C=O) groups is 4. The van der Waals surface area contributed by atoms with Crippen molar-refractivity contribution in [2.75, 3.05) is 14.2 Å². The summed E-state index contributed by atoms with van der Waals surface area (Å²) in [4.78, 5) is 56.1. The van der Waals surface area contributed by atoms with Crippen LogP contribution in [0.5, 0.6) is 0 Å². The molecule has 1 aromatic rings. The van der Waals surface area contributed by atoms with Gasteiger partial charge in [-0.3, -0.25) is 24.1 Å². The first-order valence-corrected chi connectivity index (χ1v) is 18.2. The maximum absolute atomic E-state index is 14.2. The molecule has 0 unspecified atom stereocenters. The Morgan fingerprint density at radius 2 is 1.69 bits per heavy atom. The SMILES string of the molecule is C#Cc1ccc(CN(C)[C@H]2C[C@@H](C)O[C@@H](O[C@@H]3[C@@H](C)C(=O)[C@@H](C)C(=O)O[C@H](CC)[C@@](C)(O)[C@H](O)[C@@H](C)C(=O)C[C@@H](C)[C@@]3(C)OC)[C@H]2OC(C)=O)cc1. The van der Waals surface area contributed by atoms with Crippen LogP contribution >= 0.6 is 0 Å². The molecule has 2 aliphatic rings. The third-order valence-electron chi connectivity index (χ3n) is 11.3. The van der Waals surface area contributed by atoms with E-state index in [1.807, 2.05) is 38.2 Å². The number of cyclic esters (lactones) is 1. The van der Waals surface area contributed by atoms with Crippen molar-refractivity contribution < 1.29 is 53.1 Å². The summed E-state index contributed by atoms with van der Waals surface area (Å²) < 4.78 is 30.9. The lowest BCUT2D eigenvalue weighted by Gasteiger charge is -2.49. The molecule has 0 amide bonds. The van der Waals surface area contributed by atoms with E-state index in [2.05, 4.69) is 10.8 Å². The van der Waals surface area contributed by atoms with Gasteiger partial charge in [0.15, 0.2) is 18.2 Å². The maximum Gasteiger partial charge on any atom is 0.316 e. The van der Waals surface area contributed by atoms with Crippen LogP contribution in [0.3, 0.4) is 0 Å². The Bertz CT molecular complexity index is 1450. The molecule has 2 fully saturated rings. The molecule has 0 spiro atoms. The maximum atomic E-state index is 14.2. The molecule has 2 heterocycles. The monoisotopic (exact) mass is 729 g/mol. The first-order valence-electron chi connectivity index (χ1n) is 18.2. The van der Waals surface area contributed by atoms with Gasteiger partial charge in [0, 0.05) is 44.4 Å². The molecule has 2 aliphatic heterocycles. The van der Waals surface area contributed by atoms with Crippen LogP contribution < -0.4 is 0 Å². The standard InChI is InChI=1S/C40H59NO11/c1-13-28-15-17-29(18-16-28)21-41(11)30-20-23(4)49-38(34(30)50-27(8)42)52-36-25(6)33(44)26(7)37(46)51-32(14-2)39(9,47)35(45)24(5)31(43)19-22(3)40(36,10)48-12/h1,15-18,22-26,30,32,34-36,38,45,47H,14,19-21H2,2-12H3/t22-,23-,24+,25+,26-,30+,32-,34+,35-,36-,38+,39-,40-/m1/s1. The van der Waals surface area contributed by atoms with Gasteiger partial charge in [0.05, 0.1) is 30.0 Å². The summed E-state index contributed by atoms with van der Waals surface area (Å²) in [5.74, 6) is -3.71. The van der Waals surface area contributed by atoms with Crippen LogP contribution in [0, 0.1) is 36.0 Å². The summed E-state index contributed by atoms with van der Waals surface area (Å²) in [5.41, 5.74) is -1.59. The van der Waals surface area contributed by atoms with Gasteiger partial charge >= 0.3 is 11.9 Å². The van der Waals surface area contributed by atoms with Gasteiger partial charge in [-0.2, -0.15) is 0 Å². The number of aliphatic hydroxyl groups excluding tert-OH is 1. The minimum absolute atomic E-state index is 0.106. The second-order valence-corrected chi connectivity index (χ2v) is 15.2. The zero-order valence-electron chi connectivity index (χ0n) is 32.6. The molecule has 3 rings (SSSR count). The van der Waals surface area contributed by atoms with Crippen molar-refractivity contribution in [2.45, 2.75) is 142 Å². The quantitative estimate of drug-likeness (QED) is 0.227. The average molecular weight is 730 g/mol. The van der Waals surface area contributed by atoms with Crippen LogP contribution in [0.2, 0.25) is 0 Å². The smallest absolute Gasteiger partial charge is 0.316 e. The van der Waals surface area contributed by atoms with Gasteiger partial charge in [0.1, 0.15) is 23.4 Å². The fourth-order valence-electron chi connectivity index (χ4n) is 7.57. The van der Waals surface area contributed by atoms with Crippen LogP contribution in [0.1, 0.15) is 92.7 Å². The van der Waals surface area contributed by atoms with Gasteiger partial charge in [-0.1, -0.05) is 45.7 Å². The molecular formula is C40H59NO11. The fourth-order valence-corrected chi connectivity index (χ4v) is 7.57. The van der Waals surface area contributed by atoms with Crippen LogP contribution in [0.15, 0.2) is 24.3 Å². The van der Waals surface area contributed by atoms with Crippen molar-refractivity contribution in [3.8, 4) is 12.3 Å². The Labute approximate surface area is 308 Å². The third kappa shape index (κ3) is 9.48. The third-order valence-corrected chi connectivity index (χ3v) is 11.3. The lowest BCUT2D eigenvalue weighted by Crippen LogP contribution is -2.61. The molecule has 0 saturated carbocycles. The molecule has 13 atom stereocenters. The largest absolute Gasteiger partial charge is 0.459 e. The van der Waals surface area contributed by atoms with Gasteiger partial charge in [-0.05, 0) is 71.2 Å². The first kappa shape index (κ1) is 43.2. The van der Waals surface area contributed by atoms with Crippen molar-refractivity contribution in [2.24, 2.45) is 23.7 Å². The lowest BCUT2D eigenvalue weighted by molar-refractivity contribution is -0.302. The molecule has 2 saturated heterocycles. The highest BCUT2D eigenvalue weighted by Gasteiger charge is 2.53. The number of rotatable bonds is 8. The van der Waals surface area contributed by atoms with E-state index in [9.17, 15) is 29.4 Å². The number of hydrogen-bond donors (Lipinski definition) is 2. The molecule has 0 bridgehead atoms. The second-order valence-electron chi connectivity index (χ2n) is 15.2. The number of carbonyl (C=O) groups excluding carboxylic acids is 4. The van der Waals surface area contributed by atoms with E-state index in [-0.39, 0.29) is 30.8 Å². The number of benzene rings is 1. The summed E-state index contributed by atoms with van der Waals surface area (Å²) in [7, 11) is 3.36. The number of ether oxygens (including phenoxy) is 5. The average Bonchev–Trinajstić information content (AvgIpc) is 3.10. The summed E-state index contributed by atoms with van der Waals surface area (Å²) >= 11 is 0. The number of likely N-dealkylation sites (N-methyl/N-ethyl adjacent to an activating group) is 1. The number of aliphatic hydroxyl groups is 2. The zero-order chi connectivity index (χ0) is 39.3. The number of Topliss-reactive ketones (excluding diaryl/α,β-unsaturated/α-hetero) is 2. The van der Waals surface area contributed by atoms with Crippen molar-refractivity contribution in [3.05, 3.63) is 35.4 Å². The highest BCUT2D eigenvalue weighted by atomic mass is 16.7. The van der Waals surface area contributed by atoms with Crippen molar-refractivity contribution in [1.82, 2.24) is 4.90 Å². The van der Waals surface area contributed by atoms with E-state index >= 15 is 0 Å². The van der Waals surface area contributed by atoms with Crippen molar-refractivity contribution in [1.29, 1.82) is 0 Å². The van der Waals surface area contributed by atoms with E-state index in [1.165, 1.54) is 34.8 Å². The van der Waals surface area contributed by atoms with Crippen molar-refractivity contribution in [3.63, 3.8) is 0 Å². The fraction of sp³-hybridized carbons (Fsp3) is 0.700. The Morgan fingerprint density at radius 1 is 1.08 bits per heavy atom. The van der Waals surface area contributed by atoms with Crippen LogP contribution in [-0.4, -0.2) is 107 Å². The molecule has 12 nitrogen and oxygen atoms in total. The highest BCUT2D eigenvalue weighted by Crippen LogP contribution is 2.40. The number of terminal acetylenes is 1. The Balaban J connectivity index is 2.10. The molecule has 12 heteroatoms. The van der Waals surface area contributed by atoms with Crippen LogP contribution in [-0.2, 0) is 49.4 Å². The number of nitrogens with zero attached hydrogens (tertiary/aromatic N) is 1. The number of ketones is 2. The van der Waals surface area contributed by atoms with Gasteiger partial charge in [0.25, 0.3) is 0 Å². The number of esters is 2. The lowest BCUT2D eigenvalue weighted by atomic mass is 9.73. The summed E-state index contributed by atoms with van der Waals surface area (Å²) in [6.07, 6.45) is -0.342. The molecule has 0 aliphatic carbocycles. The Hall–Kier alpha value is -3.18. The van der Waals surface area contributed by atoms with Gasteiger partial charge < -0.3 is 33.9 Å². The first-order chi connectivity index (χ1) is 24.2. The van der Waals surface area contributed by atoms with E-state index in [0.717, 1.165) is 11.1 Å². The predicted octanol–water partition coefficient (Wildman–Crippen LogP) is 3.85. The Kier molecular flexibility index (Phi) is 14.8. The summed E-state index contributed by atoms with van der Waals surface area (Å²) in [5, 5.41) is 22.6. The van der Waals surface area contributed by atoms with E-state index in [1.54, 1.807) is 27.7 Å². The molecule has 290 valence electrons. The topological polar surface area (TPSA) is 158 Å². The van der Waals surface area contributed by atoms with Crippen LogP contribution in [0.4, 0.5) is 0 Å². The number of hydrogen-bond acceptors (Lipinski definition) is 12. The zero-order valence-corrected chi connectivity index (χ0v) is 32.6. The number of methoxy groups -OCH3 is 1. The van der Waals surface area contributed by atoms with Crippen molar-refractivity contribution >= 4 is 23.5 Å². The Morgan fingerprint density at radius 3 is 2.23 bits per heavy atom. The minimum atomic E-state index is -1.98.